The van der Waals surface area contributed by atoms with E-state index >= 15 is 0 Å². The van der Waals surface area contributed by atoms with E-state index in [0.717, 1.165) is 39.3 Å². The van der Waals surface area contributed by atoms with Gasteiger partial charge in [-0.25, -0.2) is 0 Å². The van der Waals surface area contributed by atoms with Gasteiger partial charge in [0.25, 0.3) is 0 Å². The summed E-state index contributed by atoms with van der Waals surface area (Å²) in [6, 6.07) is 0. The summed E-state index contributed by atoms with van der Waals surface area (Å²) >= 11 is 0. The normalized spacial score (nSPS) is 14.3. The Morgan fingerprint density at radius 3 is 0.905 bits per heavy atom. The van der Waals surface area contributed by atoms with E-state index in [1.807, 2.05) is 0 Å². The van der Waals surface area contributed by atoms with Gasteiger partial charge in [0.2, 0.25) is 0 Å². The SMILES string of the molecule is CC(C)[Si]([N-]CCN(CC[N-][Si](C(C)C)(C(C)C)C(C)C)CC[N-][Si](C(C)C)(C(C)C)C(C)(C)[NH-])(C(C)C)C(C)C.[U+4]. The summed E-state index contributed by atoms with van der Waals surface area (Å²) < 4.78 is 0. The third-order valence-electron chi connectivity index (χ3n) is 10.7. The van der Waals surface area contributed by atoms with E-state index in [1.54, 1.807) is 0 Å². The van der Waals surface area contributed by atoms with Gasteiger partial charge < -0.3 is 25.6 Å². The topological polar surface area (TPSA) is 69.3 Å². The molecule has 0 radical (unpaired) electrons. The molecule has 0 bridgehead atoms. The minimum Gasteiger partial charge on any atom is -0.676 e. The van der Waals surface area contributed by atoms with Crippen molar-refractivity contribution in [2.45, 2.75) is 174 Å². The first-order chi connectivity index (χ1) is 18.6. The van der Waals surface area contributed by atoms with Gasteiger partial charge in [-0.1, -0.05) is 177 Å². The second kappa shape index (κ2) is 19.4. The van der Waals surface area contributed by atoms with Gasteiger partial charge >= 0.3 is 31.1 Å². The Morgan fingerprint density at radius 2 is 0.714 bits per heavy atom. The van der Waals surface area contributed by atoms with Crippen LogP contribution in [-0.4, -0.2) is 74.0 Å². The molecule has 0 unspecified atom stereocenters. The summed E-state index contributed by atoms with van der Waals surface area (Å²) in [6.07, 6.45) is 0. The van der Waals surface area contributed by atoms with Crippen LogP contribution in [0.1, 0.15) is 125 Å². The number of hydrogen-bond donors (Lipinski definition) is 0. The van der Waals surface area contributed by atoms with E-state index in [4.69, 9.17) is 20.7 Å². The predicted octanol–water partition coefficient (Wildman–Crippen LogP) is 11.9. The van der Waals surface area contributed by atoms with Crippen molar-refractivity contribution in [3.05, 3.63) is 20.7 Å². The van der Waals surface area contributed by atoms with E-state index < -0.39 is 29.9 Å². The molecule has 0 atom stereocenters. The zero-order chi connectivity index (χ0) is 32.6. The zero-order valence-electron chi connectivity index (χ0n) is 31.7. The van der Waals surface area contributed by atoms with Crippen molar-refractivity contribution < 1.29 is 31.1 Å². The fraction of sp³-hybridized carbons (Fsp3) is 1.00. The first-order valence-electron chi connectivity index (χ1n) is 17.1. The first-order valence-corrected chi connectivity index (χ1v) is 23.6. The smallest absolute Gasteiger partial charge is 0.676 e. The Labute approximate surface area is 292 Å². The molecule has 9 heteroatoms. The van der Waals surface area contributed by atoms with Crippen LogP contribution < -0.4 is 0 Å². The van der Waals surface area contributed by atoms with Crippen LogP contribution in [-0.2, 0) is 0 Å². The quantitative estimate of drug-likeness (QED) is 0.106. The van der Waals surface area contributed by atoms with Crippen LogP contribution >= 0.6 is 0 Å². The average molecular weight is 864 g/mol. The maximum absolute atomic E-state index is 9.12. The maximum Gasteiger partial charge on any atom is 4.00 e. The molecule has 0 aliphatic heterocycles. The molecule has 0 saturated carbocycles. The monoisotopic (exact) mass is 864 g/mol. The average Bonchev–Trinajstić information content (AvgIpc) is 2.78. The fourth-order valence-corrected chi connectivity index (χ4v) is 26.2. The molecule has 5 nitrogen and oxygen atoms in total. The van der Waals surface area contributed by atoms with Crippen molar-refractivity contribution in [3.8, 4) is 0 Å². The van der Waals surface area contributed by atoms with Crippen molar-refractivity contribution in [2.24, 2.45) is 0 Å². The van der Waals surface area contributed by atoms with Crippen molar-refractivity contribution in [1.82, 2.24) is 4.90 Å². The van der Waals surface area contributed by atoms with Gasteiger partial charge in [-0.05, 0) is 36.1 Å². The Balaban J connectivity index is 0. The molecular formula is C33H75N5Si3U. The van der Waals surface area contributed by atoms with Crippen molar-refractivity contribution in [3.63, 3.8) is 0 Å². The van der Waals surface area contributed by atoms with Gasteiger partial charge in [-0.15, -0.1) is 19.6 Å². The molecule has 0 aromatic carbocycles. The second-order valence-electron chi connectivity index (χ2n) is 15.9. The third-order valence-corrected chi connectivity index (χ3v) is 29.6. The van der Waals surface area contributed by atoms with Crippen LogP contribution in [0.4, 0.5) is 0 Å². The molecule has 42 heavy (non-hydrogen) atoms. The predicted molar refractivity (Wildman–Crippen MR) is 198 cm³/mol. The summed E-state index contributed by atoms with van der Waals surface area (Å²) in [4.78, 5) is 19.4. The van der Waals surface area contributed by atoms with Gasteiger partial charge in [-0.2, -0.15) is 5.16 Å². The molecule has 0 rings (SSSR count). The van der Waals surface area contributed by atoms with Crippen molar-refractivity contribution in [1.29, 1.82) is 0 Å². The number of hydrogen-bond acceptors (Lipinski definition) is 1. The number of rotatable bonds is 21. The summed E-state index contributed by atoms with van der Waals surface area (Å²) in [7, 11) is -5.75. The summed E-state index contributed by atoms with van der Waals surface area (Å²) in [5, 5.41) is -0.487. The molecule has 248 valence electrons. The largest absolute Gasteiger partial charge is 4.00 e. The Morgan fingerprint density at radius 1 is 0.476 bits per heavy atom. The summed E-state index contributed by atoms with van der Waals surface area (Å²) in [6.45, 7) is 47.9. The van der Waals surface area contributed by atoms with Crippen LogP contribution in [0.15, 0.2) is 0 Å². The van der Waals surface area contributed by atoms with Crippen LogP contribution in [0.3, 0.4) is 0 Å². The summed E-state index contributed by atoms with van der Waals surface area (Å²) in [5.41, 5.74) is 13.9. The fourth-order valence-electron chi connectivity index (χ4n) is 9.25. The van der Waals surface area contributed by atoms with Gasteiger partial charge in [0.05, 0.1) is 0 Å². The molecule has 1 N–H and O–H groups in total. The molecule has 0 fully saturated rings. The molecule has 0 aliphatic carbocycles. The van der Waals surface area contributed by atoms with E-state index in [2.05, 4.69) is 130 Å². The van der Waals surface area contributed by atoms with E-state index in [0.29, 0.717) is 44.3 Å². The van der Waals surface area contributed by atoms with Gasteiger partial charge in [0.1, 0.15) is 0 Å². The molecule has 0 saturated heterocycles. The van der Waals surface area contributed by atoms with Crippen LogP contribution in [0.5, 0.6) is 0 Å². The molecule has 0 aromatic heterocycles. The van der Waals surface area contributed by atoms with Gasteiger partial charge in [-0.3, -0.25) is 0 Å². The molecule has 0 spiro atoms. The van der Waals surface area contributed by atoms with Crippen molar-refractivity contribution >= 4 is 24.7 Å². The van der Waals surface area contributed by atoms with E-state index in [9.17, 15) is 0 Å². The molecule has 0 aliphatic rings. The Hall–Kier alpha value is 1.50. The third kappa shape index (κ3) is 10.8. The zero-order valence-corrected chi connectivity index (χ0v) is 38.8. The van der Waals surface area contributed by atoms with E-state index in [-0.39, 0.29) is 31.1 Å². The minimum atomic E-state index is -2.20. The number of nitrogens with zero attached hydrogens (tertiary/aromatic N) is 4. The molecular weight excluding hydrogens is 789 g/mol. The first kappa shape index (κ1) is 45.6. The Kier molecular flexibility index (Phi) is 21.0. The standard InChI is InChI=1S/C33H75N5Si3.U/c1-25(2)39(26(3)4,27(5)6)35-19-22-38(23-20-36-40(28(7)8,29(9)10)30(11)12)24-21-37-41(31(13)14,32(15)16)33(17,18)34;/h25-32,34H,19-24H2,1-18H3;/q-4;+4. The van der Waals surface area contributed by atoms with Crippen LogP contribution in [0.2, 0.25) is 44.3 Å². The molecule has 0 heterocycles. The molecule has 0 aromatic rings. The number of nitrogens with one attached hydrogen (secondary N) is 1. The second-order valence-corrected chi connectivity index (χ2v) is 32.6. The van der Waals surface area contributed by atoms with Crippen molar-refractivity contribution in [2.75, 3.05) is 39.3 Å². The Bertz CT molecular complexity index is 631. The summed E-state index contributed by atoms with van der Waals surface area (Å²) in [5.74, 6) is 0. The maximum atomic E-state index is 9.12. The molecule has 0 amide bonds. The van der Waals surface area contributed by atoms with E-state index in [1.165, 1.54) is 0 Å². The van der Waals surface area contributed by atoms with Gasteiger partial charge in [0.15, 0.2) is 0 Å². The van der Waals surface area contributed by atoms with Gasteiger partial charge in [0, 0.05) is 0 Å². The van der Waals surface area contributed by atoms with Crippen LogP contribution in [0.25, 0.3) is 20.7 Å². The minimum absolute atomic E-state index is 0. The van der Waals surface area contributed by atoms with Crippen LogP contribution in [0, 0.1) is 31.1 Å².